The number of benzene rings is 2. The monoisotopic (exact) mass is 447 g/mol. The number of para-hydroxylation sites is 2. The van der Waals surface area contributed by atoms with Crippen molar-refractivity contribution in [2.75, 3.05) is 18.0 Å². The van der Waals surface area contributed by atoms with E-state index in [2.05, 4.69) is 10.1 Å². The molecule has 1 amide bonds. The molecule has 1 aliphatic rings. The summed E-state index contributed by atoms with van der Waals surface area (Å²) >= 11 is 0. The second-order valence-electron chi connectivity index (χ2n) is 6.89. The Hall–Kier alpha value is -3.73. The van der Waals surface area contributed by atoms with E-state index < -0.39 is 12.1 Å². The number of fused-ring (bicyclic) bond motifs is 1. The van der Waals surface area contributed by atoms with Gasteiger partial charge in [0.2, 0.25) is 5.82 Å². The SMILES string of the molecule is NCC1CCN(C(=O)c2ncn(-c3ccccc3)n2)c2ccccc21.O=C(O)C(F)(F)F. The highest BCUT2D eigenvalue weighted by atomic mass is 19.4. The Bertz CT molecular complexity index is 1090. The zero-order chi connectivity index (χ0) is 23.3. The van der Waals surface area contributed by atoms with E-state index in [1.54, 1.807) is 15.9 Å². The van der Waals surface area contributed by atoms with Gasteiger partial charge < -0.3 is 15.7 Å². The number of nitrogens with two attached hydrogens (primary N) is 1. The quantitative estimate of drug-likeness (QED) is 0.638. The summed E-state index contributed by atoms with van der Waals surface area (Å²) in [6.07, 6.45) is -2.67. The first-order valence-electron chi connectivity index (χ1n) is 9.60. The molecule has 32 heavy (non-hydrogen) atoms. The molecule has 0 radical (unpaired) electrons. The van der Waals surface area contributed by atoms with Crippen LogP contribution in [0.3, 0.4) is 0 Å². The van der Waals surface area contributed by atoms with Crippen LogP contribution in [-0.4, -0.2) is 51.0 Å². The maximum atomic E-state index is 13.0. The number of carbonyl (C=O) groups is 2. The van der Waals surface area contributed by atoms with E-state index in [-0.39, 0.29) is 17.6 Å². The molecule has 0 fully saturated rings. The highest BCUT2D eigenvalue weighted by Crippen LogP contribution is 2.35. The van der Waals surface area contributed by atoms with Gasteiger partial charge in [0.25, 0.3) is 5.91 Å². The minimum Gasteiger partial charge on any atom is -0.475 e. The fourth-order valence-corrected chi connectivity index (χ4v) is 3.28. The number of amides is 1. The van der Waals surface area contributed by atoms with Crippen molar-refractivity contribution in [2.24, 2.45) is 5.73 Å². The van der Waals surface area contributed by atoms with Gasteiger partial charge >= 0.3 is 12.1 Å². The van der Waals surface area contributed by atoms with Gasteiger partial charge in [-0.3, -0.25) is 4.79 Å². The van der Waals surface area contributed by atoms with E-state index >= 15 is 0 Å². The largest absolute Gasteiger partial charge is 0.490 e. The molecule has 2 aromatic carbocycles. The minimum atomic E-state index is -5.08. The van der Waals surface area contributed by atoms with Gasteiger partial charge in [-0.15, -0.1) is 5.10 Å². The topological polar surface area (TPSA) is 114 Å². The lowest BCUT2D eigenvalue weighted by Gasteiger charge is -2.33. The number of aromatic nitrogens is 3. The van der Waals surface area contributed by atoms with Gasteiger partial charge in [0, 0.05) is 12.2 Å². The third kappa shape index (κ3) is 5.11. The van der Waals surface area contributed by atoms with Gasteiger partial charge in [0.1, 0.15) is 6.33 Å². The van der Waals surface area contributed by atoms with Crippen molar-refractivity contribution in [3.8, 4) is 5.69 Å². The highest BCUT2D eigenvalue weighted by molar-refractivity contribution is 6.04. The summed E-state index contributed by atoms with van der Waals surface area (Å²) in [5.74, 6) is -2.45. The number of anilines is 1. The average molecular weight is 447 g/mol. The third-order valence-corrected chi connectivity index (χ3v) is 4.84. The summed E-state index contributed by atoms with van der Waals surface area (Å²) in [5, 5.41) is 11.5. The van der Waals surface area contributed by atoms with E-state index in [4.69, 9.17) is 15.6 Å². The second kappa shape index (κ2) is 9.60. The molecule has 1 aromatic heterocycles. The minimum absolute atomic E-state index is 0.183. The van der Waals surface area contributed by atoms with E-state index in [9.17, 15) is 18.0 Å². The number of aliphatic carboxylic acids is 1. The van der Waals surface area contributed by atoms with Gasteiger partial charge in [0.15, 0.2) is 0 Å². The van der Waals surface area contributed by atoms with E-state index in [0.29, 0.717) is 13.1 Å². The number of nitrogens with zero attached hydrogens (tertiary/aromatic N) is 4. The molecule has 168 valence electrons. The van der Waals surface area contributed by atoms with Crippen molar-refractivity contribution in [1.29, 1.82) is 0 Å². The molecule has 0 bridgehead atoms. The molecule has 11 heteroatoms. The Morgan fingerprint density at radius 1 is 1.09 bits per heavy atom. The summed E-state index contributed by atoms with van der Waals surface area (Å²) in [7, 11) is 0. The fraction of sp³-hybridized carbons (Fsp3) is 0.238. The number of rotatable bonds is 3. The lowest BCUT2D eigenvalue weighted by atomic mass is 9.90. The number of carboxylic acid groups (broad SMARTS) is 1. The number of hydrogen-bond acceptors (Lipinski definition) is 5. The van der Waals surface area contributed by atoms with Crippen molar-refractivity contribution in [3.63, 3.8) is 0 Å². The first-order valence-corrected chi connectivity index (χ1v) is 9.60. The molecule has 2 heterocycles. The highest BCUT2D eigenvalue weighted by Gasteiger charge is 2.38. The van der Waals surface area contributed by atoms with Gasteiger partial charge in [0.05, 0.1) is 5.69 Å². The summed E-state index contributed by atoms with van der Waals surface area (Å²) < 4.78 is 33.4. The van der Waals surface area contributed by atoms with Gasteiger partial charge in [-0.2, -0.15) is 13.2 Å². The smallest absolute Gasteiger partial charge is 0.475 e. The van der Waals surface area contributed by atoms with Crippen molar-refractivity contribution < 1.29 is 27.9 Å². The van der Waals surface area contributed by atoms with Gasteiger partial charge in [-0.1, -0.05) is 36.4 Å². The lowest BCUT2D eigenvalue weighted by Crippen LogP contribution is -2.38. The van der Waals surface area contributed by atoms with E-state index in [0.717, 1.165) is 23.4 Å². The van der Waals surface area contributed by atoms with Crippen LogP contribution in [0.1, 0.15) is 28.5 Å². The average Bonchev–Trinajstić information content (AvgIpc) is 3.28. The van der Waals surface area contributed by atoms with E-state index in [1.807, 2.05) is 54.6 Å². The molecule has 1 unspecified atom stereocenters. The summed E-state index contributed by atoms with van der Waals surface area (Å²) in [5.41, 5.74) is 8.78. The van der Waals surface area contributed by atoms with Gasteiger partial charge in [-0.25, -0.2) is 14.5 Å². The molecule has 1 aliphatic heterocycles. The van der Waals surface area contributed by atoms with Crippen molar-refractivity contribution in [3.05, 3.63) is 72.3 Å². The summed E-state index contributed by atoms with van der Waals surface area (Å²) in [4.78, 5) is 27.8. The van der Waals surface area contributed by atoms with Crippen LogP contribution in [0.25, 0.3) is 5.69 Å². The predicted octanol–water partition coefficient (Wildman–Crippen LogP) is 2.99. The maximum Gasteiger partial charge on any atom is 0.490 e. The van der Waals surface area contributed by atoms with Crippen LogP contribution in [-0.2, 0) is 4.79 Å². The Morgan fingerprint density at radius 2 is 1.72 bits per heavy atom. The number of carboxylic acids is 1. The van der Waals surface area contributed by atoms with E-state index in [1.165, 1.54) is 0 Å². The van der Waals surface area contributed by atoms with Crippen LogP contribution in [0.4, 0.5) is 18.9 Å². The summed E-state index contributed by atoms with van der Waals surface area (Å²) in [6, 6.07) is 17.6. The van der Waals surface area contributed by atoms with Crippen LogP contribution in [0.5, 0.6) is 0 Å². The molecule has 4 rings (SSSR count). The molecule has 1 atom stereocenters. The number of hydrogen-bond donors (Lipinski definition) is 2. The Kier molecular flexibility index (Phi) is 6.89. The predicted molar refractivity (Wildman–Crippen MR) is 110 cm³/mol. The van der Waals surface area contributed by atoms with Crippen molar-refractivity contribution in [1.82, 2.24) is 14.8 Å². The van der Waals surface area contributed by atoms with Crippen molar-refractivity contribution in [2.45, 2.75) is 18.5 Å². The number of halogens is 3. The first-order chi connectivity index (χ1) is 15.2. The van der Waals surface area contributed by atoms with Crippen LogP contribution >= 0.6 is 0 Å². The zero-order valence-corrected chi connectivity index (χ0v) is 16.7. The maximum absolute atomic E-state index is 13.0. The lowest BCUT2D eigenvalue weighted by molar-refractivity contribution is -0.192. The summed E-state index contributed by atoms with van der Waals surface area (Å²) in [6.45, 7) is 1.21. The molecule has 0 saturated heterocycles. The standard InChI is InChI=1S/C19H19N5O.C2HF3O2/c20-12-14-10-11-23(17-9-5-4-8-16(14)17)19(25)18-21-13-24(22-18)15-6-2-1-3-7-15;3-2(4,5)1(6)7/h1-9,13-14H,10-12,20H2;(H,6,7). The first kappa shape index (κ1) is 22.9. The molecule has 8 nitrogen and oxygen atoms in total. The molecule has 3 N–H and O–H groups in total. The normalized spacial score (nSPS) is 15.4. The molecule has 0 spiro atoms. The molecule has 3 aromatic rings. The Balaban J connectivity index is 0.000000360. The molecular weight excluding hydrogens is 427 g/mol. The number of alkyl halides is 3. The van der Waals surface area contributed by atoms with Crippen LogP contribution in [0.2, 0.25) is 0 Å². The van der Waals surface area contributed by atoms with Crippen molar-refractivity contribution >= 4 is 17.6 Å². The van der Waals surface area contributed by atoms with Crippen LogP contribution < -0.4 is 10.6 Å². The van der Waals surface area contributed by atoms with Crippen LogP contribution in [0.15, 0.2) is 60.9 Å². The molecular formula is C21H20F3N5O3. The molecule has 0 aliphatic carbocycles. The van der Waals surface area contributed by atoms with Crippen LogP contribution in [0, 0.1) is 0 Å². The van der Waals surface area contributed by atoms with Gasteiger partial charge in [-0.05, 0) is 42.6 Å². The fourth-order valence-electron chi connectivity index (χ4n) is 3.28. The zero-order valence-electron chi connectivity index (χ0n) is 16.7. The Labute approximate surface area is 181 Å². The second-order valence-corrected chi connectivity index (χ2v) is 6.89. The molecule has 0 saturated carbocycles. The third-order valence-electron chi connectivity index (χ3n) is 4.84. The number of carbonyl (C=O) groups excluding carboxylic acids is 1. The Morgan fingerprint density at radius 3 is 2.34 bits per heavy atom.